The number of H-pyrrole nitrogens is 1. The van der Waals surface area contributed by atoms with E-state index in [-0.39, 0.29) is 6.61 Å². The molecule has 0 unspecified atom stereocenters. The van der Waals surface area contributed by atoms with Crippen molar-refractivity contribution in [1.29, 1.82) is 0 Å². The molecule has 0 bridgehead atoms. The molecule has 180 valence electrons. The van der Waals surface area contributed by atoms with Gasteiger partial charge in [0.1, 0.15) is 0 Å². The smallest absolute Gasteiger partial charge is 0.227 e. The Kier molecular flexibility index (Phi) is 7.13. The number of nitrogens with zero attached hydrogens (tertiary/aromatic N) is 5. The summed E-state index contributed by atoms with van der Waals surface area (Å²) in [7, 11) is 0. The van der Waals surface area contributed by atoms with Crippen molar-refractivity contribution in [2.45, 2.75) is 13.5 Å². The molecule has 3 heterocycles. The number of aliphatic hydroxyl groups excluding tert-OH is 1. The van der Waals surface area contributed by atoms with E-state index < -0.39 is 0 Å². The second-order valence-corrected chi connectivity index (χ2v) is 8.95. The Bertz CT molecular complexity index is 1230. The molecule has 2 aromatic carbocycles. The van der Waals surface area contributed by atoms with Crippen LogP contribution >= 0.6 is 0 Å². The zero-order valence-corrected chi connectivity index (χ0v) is 20.0. The van der Waals surface area contributed by atoms with Gasteiger partial charge in [0.2, 0.25) is 5.95 Å². The predicted molar refractivity (Wildman–Crippen MR) is 138 cm³/mol. The average Bonchev–Trinajstić information content (AvgIpc) is 3.37. The van der Waals surface area contributed by atoms with Gasteiger partial charge in [0.15, 0.2) is 0 Å². The summed E-state index contributed by atoms with van der Waals surface area (Å²) in [6.07, 6.45) is 3.57. The quantitative estimate of drug-likeness (QED) is 0.362. The number of aliphatic hydroxyl groups is 1. The lowest BCUT2D eigenvalue weighted by Crippen LogP contribution is -2.46. The Morgan fingerprint density at radius 3 is 2.43 bits per heavy atom. The monoisotopic (exact) mass is 469 g/mol. The second-order valence-electron chi connectivity index (χ2n) is 8.95. The lowest BCUT2D eigenvalue weighted by molar-refractivity contribution is 0.108. The van der Waals surface area contributed by atoms with E-state index in [4.69, 9.17) is 10.1 Å². The molecular weight excluding hydrogens is 438 g/mol. The molecule has 1 fully saturated rings. The maximum Gasteiger partial charge on any atom is 0.227 e. The first-order chi connectivity index (χ1) is 17.2. The van der Waals surface area contributed by atoms with E-state index in [2.05, 4.69) is 85.8 Å². The van der Waals surface area contributed by atoms with Gasteiger partial charge in [-0.15, -0.1) is 0 Å². The van der Waals surface area contributed by atoms with E-state index in [1.807, 2.05) is 6.07 Å². The van der Waals surface area contributed by atoms with Crippen LogP contribution in [-0.4, -0.2) is 74.4 Å². The molecule has 4 aromatic rings. The van der Waals surface area contributed by atoms with Crippen LogP contribution in [0.1, 0.15) is 11.1 Å². The number of benzene rings is 2. The third-order valence-corrected chi connectivity index (χ3v) is 6.41. The Labute approximate surface area is 205 Å². The molecule has 5 rings (SSSR count). The molecule has 1 aliphatic rings. The summed E-state index contributed by atoms with van der Waals surface area (Å²) in [6.45, 7) is 8.09. The molecule has 0 spiro atoms. The highest BCUT2D eigenvalue weighted by Gasteiger charge is 2.16. The van der Waals surface area contributed by atoms with Crippen molar-refractivity contribution >= 4 is 11.6 Å². The van der Waals surface area contributed by atoms with Gasteiger partial charge >= 0.3 is 0 Å². The molecule has 8 heteroatoms. The zero-order chi connectivity index (χ0) is 24.0. The molecule has 35 heavy (non-hydrogen) atoms. The Morgan fingerprint density at radius 1 is 0.943 bits per heavy atom. The minimum absolute atomic E-state index is 0.233. The first-order valence-electron chi connectivity index (χ1n) is 12.0. The Morgan fingerprint density at radius 2 is 1.69 bits per heavy atom. The highest BCUT2D eigenvalue weighted by molar-refractivity contribution is 5.78. The lowest BCUT2D eigenvalue weighted by Gasteiger charge is -2.34. The summed E-state index contributed by atoms with van der Waals surface area (Å²) in [5.41, 5.74) is 7.21. The average molecular weight is 470 g/mol. The molecule has 1 saturated heterocycles. The zero-order valence-electron chi connectivity index (χ0n) is 20.0. The fraction of sp³-hybridized carbons (Fsp3) is 0.296. The van der Waals surface area contributed by atoms with Gasteiger partial charge < -0.3 is 10.4 Å². The van der Waals surface area contributed by atoms with E-state index in [9.17, 15) is 0 Å². The van der Waals surface area contributed by atoms with Gasteiger partial charge in [-0.3, -0.25) is 14.9 Å². The van der Waals surface area contributed by atoms with Gasteiger partial charge in [0.25, 0.3) is 0 Å². The van der Waals surface area contributed by atoms with Crippen LogP contribution in [0.2, 0.25) is 0 Å². The lowest BCUT2D eigenvalue weighted by atomic mass is 10.0. The van der Waals surface area contributed by atoms with Gasteiger partial charge in [-0.25, -0.2) is 9.97 Å². The van der Waals surface area contributed by atoms with Crippen molar-refractivity contribution in [1.82, 2.24) is 30.0 Å². The third kappa shape index (κ3) is 5.74. The SMILES string of the molecule is Cc1ccc(-c2[nH]ncc2-c2ccnc(Nc3ccc(CN4CCN(CCO)CC4)cc3)n2)cc1. The molecule has 2 aromatic heterocycles. The molecule has 0 saturated carbocycles. The van der Waals surface area contributed by atoms with Crippen LogP contribution in [-0.2, 0) is 6.54 Å². The Balaban J connectivity index is 1.24. The van der Waals surface area contributed by atoms with E-state index in [1.54, 1.807) is 12.4 Å². The van der Waals surface area contributed by atoms with Crippen molar-refractivity contribution in [2.24, 2.45) is 0 Å². The number of aromatic nitrogens is 4. The number of anilines is 2. The van der Waals surface area contributed by atoms with Crippen molar-refractivity contribution in [2.75, 3.05) is 44.6 Å². The predicted octanol–water partition coefficient (Wildman–Crippen LogP) is 3.70. The third-order valence-electron chi connectivity index (χ3n) is 6.41. The highest BCUT2D eigenvalue weighted by Crippen LogP contribution is 2.29. The van der Waals surface area contributed by atoms with Crippen LogP contribution < -0.4 is 5.32 Å². The second kappa shape index (κ2) is 10.8. The summed E-state index contributed by atoms with van der Waals surface area (Å²) in [5, 5.41) is 19.8. The number of hydrogen-bond acceptors (Lipinski definition) is 7. The molecule has 0 radical (unpaired) electrons. The van der Waals surface area contributed by atoms with E-state index >= 15 is 0 Å². The molecule has 0 amide bonds. The van der Waals surface area contributed by atoms with Gasteiger partial charge in [0, 0.05) is 62.3 Å². The largest absolute Gasteiger partial charge is 0.395 e. The number of rotatable bonds is 8. The molecule has 0 atom stereocenters. The van der Waals surface area contributed by atoms with Crippen LogP contribution in [0.15, 0.2) is 67.0 Å². The minimum atomic E-state index is 0.233. The van der Waals surface area contributed by atoms with Crippen LogP contribution in [0.25, 0.3) is 22.5 Å². The van der Waals surface area contributed by atoms with E-state index in [1.165, 1.54) is 11.1 Å². The first-order valence-corrected chi connectivity index (χ1v) is 12.0. The van der Waals surface area contributed by atoms with Crippen LogP contribution in [0.4, 0.5) is 11.6 Å². The summed E-state index contributed by atoms with van der Waals surface area (Å²) < 4.78 is 0. The number of aryl methyl sites for hydroxylation is 1. The number of β-amino-alcohol motifs (C(OH)–C–C–N with tert-alkyl or cyclic N) is 1. The number of aromatic amines is 1. The van der Waals surface area contributed by atoms with E-state index in [0.717, 1.165) is 67.5 Å². The number of hydrogen-bond donors (Lipinski definition) is 3. The van der Waals surface area contributed by atoms with Crippen molar-refractivity contribution < 1.29 is 5.11 Å². The topological polar surface area (TPSA) is 93.2 Å². The fourth-order valence-corrected chi connectivity index (χ4v) is 4.38. The highest BCUT2D eigenvalue weighted by atomic mass is 16.3. The van der Waals surface area contributed by atoms with Crippen LogP contribution in [0.3, 0.4) is 0 Å². The maximum absolute atomic E-state index is 9.11. The molecular formula is C27H31N7O. The van der Waals surface area contributed by atoms with Crippen molar-refractivity contribution in [3.63, 3.8) is 0 Å². The summed E-state index contributed by atoms with van der Waals surface area (Å²) in [4.78, 5) is 13.9. The molecule has 8 nitrogen and oxygen atoms in total. The van der Waals surface area contributed by atoms with Gasteiger partial charge in [-0.2, -0.15) is 5.10 Å². The normalized spacial score (nSPS) is 14.8. The van der Waals surface area contributed by atoms with Crippen molar-refractivity contribution in [3.05, 3.63) is 78.1 Å². The van der Waals surface area contributed by atoms with Crippen molar-refractivity contribution in [3.8, 4) is 22.5 Å². The van der Waals surface area contributed by atoms with Gasteiger partial charge in [0.05, 0.1) is 24.2 Å². The first kappa shape index (κ1) is 23.2. The van der Waals surface area contributed by atoms with Crippen LogP contribution in [0, 0.1) is 6.92 Å². The minimum Gasteiger partial charge on any atom is -0.395 e. The van der Waals surface area contributed by atoms with Gasteiger partial charge in [-0.05, 0) is 30.7 Å². The number of nitrogens with one attached hydrogen (secondary N) is 2. The molecule has 3 N–H and O–H groups in total. The van der Waals surface area contributed by atoms with E-state index in [0.29, 0.717) is 5.95 Å². The standard InChI is InChI=1S/C27H31N7O/c1-20-2-6-22(7-3-20)26-24(18-29-32-26)25-10-11-28-27(31-25)30-23-8-4-21(5-9-23)19-34-14-12-33(13-15-34)16-17-35/h2-11,18,35H,12-17,19H2,1H3,(H,29,32)(H,28,30,31). The molecule has 1 aliphatic heterocycles. The molecule has 0 aliphatic carbocycles. The fourth-order valence-electron chi connectivity index (χ4n) is 4.38. The van der Waals surface area contributed by atoms with Crippen LogP contribution in [0.5, 0.6) is 0 Å². The summed E-state index contributed by atoms with van der Waals surface area (Å²) in [6, 6.07) is 18.7. The summed E-state index contributed by atoms with van der Waals surface area (Å²) >= 11 is 0. The van der Waals surface area contributed by atoms with Gasteiger partial charge in [-0.1, -0.05) is 42.0 Å². The maximum atomic E-state index is 9.11. The Hall–Kier alpha value is -3.59. The summed E-state index contributed by atoms with van der Waals surface area (Å²) in [5.74, 6) is 0.548. The number of piperazine rings is 1.